The van der Waals surface area contributed by atoms with Crippen LogP contribution in [0.4, 0.5) is 0 Å². The molecule has 0 saturated heterocycles. The Morgan fingerprint density at radius 3 is 1.77 bits per heavy atom. The van der Waals surface area contributed by atoms with E-state index in [2.05, 4.69) is 172 Å². The van der Waals surface area contributed by atoms with Crippen molar-refractivity contribution in [1.82, 2.24) is 0 Å². The van der Waals surface area contributed by atoms with Crippen LogP contribution in [0, 0.1) is 0 Å². The third kappa shape index (κ3) is 3.53. The lowest BCUT2D eigenvalue weighted by Gasteiger charge is -2.23. The van der Waals surface area contributed by atoms with Crippen LogP contribution in [0.3, 0.4) is 0 Å². The van der Waals surface area contributed by atoms with Crippen LogP contribution in [0.25, 0.3) is 109 Å². The van der Waals surface area contributed by atoms with Crippen LogP contribution in [0.1, 0.15) is 25.0 Å². The molecule has 12 rings (SSSR count). The van der Waals surface area contributed by atoms with Crippen molar-refractivity contribution in [3.8, 4) is 33.4 Å². The molecular weight excluding hydrogens is 629 g/mol. The monoisotopic (exact) mass is 660 g/mol. The smallest absolute Gasteiger partial charge is 0.143 e. The molecule has 1 heteroatoms. The molecule has 0 fully saturated rings. The number of benzene rings is 10. The Bertz CT molecular complexity index is 3300. The van der Waals surface area contributed by atoms with Crippen molar-refractivity contribution >= 4 is 75.8 Å². The van der Waals surface area contributed by atoms with E-state index in [1.54, 1.807) is 0 Å². The molecule has 0 aliphatic heterocycles. The van der Waals surface area contributed by atoms with Gasteiger partial charge in [-0.1, -0.05) is 159 Å². The average Bonchev–Trinajstić information content (AvgIpc) is 3.70. The molecule has 0 saturated carbocycles. The van der Waals surface area contributed by atoms with E-state index in [-0.39, 0.29) is 5.41 Å². The van der Waals surface area contributed by atoms with Gasteiger partial charge in [0.1, 0.15) is 11.2 Å². The fourth-order valence-corrected chi connectivity index (χ4v) is 9.89. The zero-order valence-corrected chi connectivity index (χ0v) is 28.9. The third-order valence-corrected chi connectivity index (χ3v) is 12.2. The summed E-state index contributed by atoms with van der Waals surface area (Å²) in [6, 6.07) is 58.5. The van der Waals surface area contributed by atoms with Gasteiger partial charge in [0.05, 0.1) is 0 Å². The van der Waals surface area contributed by atoms with Crippen molar-refractivity contribution < 1.29 is 4.42 Å². The summed E-state index contributed by atoms with van der Waals surface area (Å²) in [6.45, 7) is 4.77. The molecular formula is C51H32O. The quantitative estimate of drug-likeness (QED) is 0.168. The Balaban J connectivity index is 1.21. The SMILES string of the molecule is CC1(C)c2cccc(-c3ccc(-c4ccc5ccc6cccc7ccc4c5c67)c4c3oc3c5ccccc5ccc34)c2-c2ccc3ccccc3c21. The molecule has 0 spiro atoms. The Morgan fingerprint density at radius 1 is 0.346 bits per heavy atom. The Hall–Kier alpha value is -6.44. The molecule has 0 bridgehead atoms. The van der Waals surface area contributed by atoms with E-state index in [9.17, 15) is 0 Å². The molecule has 1 aromatic heterocycles. The summed E-state index contributed by atoms with van der Waals surface area (Å²) in [7, 11) is 0. The highest BCUT2D eigenvalue weighted by Crippen LogP contribution is 2.56. The van der Waals surface area contributed by atoms with Crippen molar-refractivity contribution in [1.29, 1.82) is 0 Å². The summed E-state index contributed by atoms with van der Waals surface area (Å²) in [4.78, 5) is 0. The molecule has 0 radical (unpaired) electrons. The lowest BCUT2D eigenvalue weighted by atomic mass is 9.80. The van der Waals surface area contributed by atoms with Gasteiger partial charge in [-0.25, -0.2) is 0 Å². The van der Waals surface area contributed by atoms with Gasteiger partial charge in [-0.2, -0.15) is 0 Å². The van der Waals surface area contributed by atoms with E-state index in [1.165, 1.54) is 92.8 Å². The van der Waals surface area contributed by atoms with Gasteiger partial charge < -0.3 is 4.42 Å². The highest BCUT2D eigenvalue weighted by Gasteiger charge is 2.38. The maximum Gasteiger partial charge on any atom is 0.143 e. The summed E-state index contributed by atoms with van der Waals surface area (Å²) in [5, 5.41) is 15.0. The molecule has 1 nitrogen and oxygen atoms in total. The lowest BCUT2D eigenvalue weighted by molar-refractivity contribution is 0.666. The van der Waals surface area contributed by atoms with Gasteiger partial charge in [0.15, 0.2) is 0 Å². The maximum absolute atomic E-state index is 7.21. The second-order valence-electron chi connectivity index (χ2n) is 15.2. The van der Waals surface area contributed by atoms with Gasteiger partial charge in [0.25, 0.3) is 0 Å². The van der Waals surface area contributed by atoms with Crippen LogP contribution in [0.2, 0.25) is 0 Å². The number of hydrogen-bond donors (Lipinski definition) is 0. The van der Waals surface area contributed by atoms with Gasteiger partial charge in [-0.05, 0) is 99.6 Å². The van der Waals surface area contributed by atoms with E-state index < -0.39 is 0 Å². The first-order valence-electron chi connectivity index (χ1n) is 18.3. The highest BCUT2D eigenvalue weighted by molar-refractivity contribution is 6.28. The molecule has 1 heterocycles. The number of hydrogen-bond acceptors (Lipinski definition) is 1. The minimum atomic E-state index is -0.146. The molecule has 1 aliphatic rings. The molecule has 52 heavy (non-hydrogen) atoms. The van der Waals surface area contributed by atoms with E-state index in [4.69, 9.17) is 4.42 Å². The first kappa shape index (κ1) is 28.3. The van der Waals surface area contributed by atoms with Gasteiger partial charge in [0, 0.05) is 27.1 Å². The number of furan rings is 1. The van der Waals surface area contributed by atoms with Gasteiger partial charge >= 0.3 is 0 Å². The van der Waals surface area contributed by atoms with Gasteiger partial charge in [0.2, 0.25) is 0 Å². The summed E-state index contributed by atoms with van der Waals surface area (Å²) < 4.78 is 7.21. The summed E-state index contributed by atoms with van der Waals surface area (Å²) in [6.07, 6.45) is 0. The van der Waals surface area contributed by atoms with E-state index in [1.807, 2.05) is 0 Å². The summed E-state index contributed by atoms with van der Waals surface area (Å²) >= 11 is 0. The predicted octanol–water partition coefficient (Wildman–Crippen LogP) is 14.4. The van der Waals surface area contributed by atoms with Crippen molar-refractivity contribution in [2.75, 3.05) is 0 Å². The molecule has 0 amide bonds. The molecule has 0 unspecified atom stereocenters. The average molecular weight is 661 g/mol. The fraction of sp³-hybridized carbons (Fsp3) is 0.0588. The minimum Gasteiger partial charge on any atom is -0.455 e. The van der Waals surface area contributed by atoms with Crippen molar-refractivity contribution in [3.05, 3.63) is 169 Å². The van der Waals surface area contributed by atoms with Gasteiger partial charge in [-0.15, -0.1) is 0 Å². The minimum absolute atomic E-state index is 0.146. The Morgan fingerprint density at radius 2 is 0.923 bits per heavy atom. The van der Waals surface area contributed by atoms with Crippen LogP contribution in [0.5, 0.6) is 0 Å². The molecule has 10 aromatic carbocycles. The molecule has 1 aliphatic carbocycles. The van der Waals surface area contributed by atoms with Crippen molar-refractivity contribution in [3.63, 3.8) is 0 Å². The summed E-state index contributed by atoms with van der Waals surface area (Å²) in [5.41, 5.74) is 11.9. The van der Waals surface area contributed by atoms with Crippen molar-refractivity contribution in [2.24, 2.45) is 0 Å². The standard InChI is InChI=1S/C51H32O/c1-51(2)43-16-8-15-37(46(43)41-25-19-29-9-3-5-13-34(29)48(41)51)40-28-27-39(47-42-26-20-30-10-4-6-14-35(30)49(42)52-50(40)47)36-23-21-33-18-17-31-11-7-12-32-22-24-38(36)45(33)44(31)32/h3-28H,1-2H3. The lowest BCUT2D eigenvalue weighted by Crippen LogP contribution is -2.15. The zero-order valence-electron chi connectivity index (χ0n) is 28.9. The molecule has 0 N–H and O–H groups in total. The molecule has 0 atom stereocenters. The maximum atomic E-state index is 7.21. The van der Waals surface area contributed by atoms with Crippen LogP contribution < -0.4 is 0 Å². The van der Waals surface area contributed by atoms with Crippen LogP contribution in [0.15, 0.2) is 162 Å². The second-order valence-corrected chi connectivity index (χ2v) is 15.2. The second kappa shape index (κ2) is 9.87. The van der Waals surface area contributed by atoms with E-state index >= 15 is 0 Å². The highest BCUT2D eigenvalue weighted by atomic mass is 16.3. The topological polar surface area (TPSA) is 13.1 Å². The van der Waals surface area contributed by atoms with Crippen LogP contribution >= 0.6 is 0 Å². The first-order valence-corrected chi connectivity index (χ1v) is 18.3. The Kier molecular flexibility index (Phi) is 5.37. The van der Waals surface area contributed by atoms with Crippen LogP contribution in [-0.2, 0) is 5.41 Å². The largest absolute Gasteiger partial charge is 0.455 e. The normalized spacial score (nSPS) is 13.7. The number of fused-ring (bicyclic) bond motifs is 10. The van der Waals surface area contributed by atoms with Gasteiger partial charge in [-0.3, -0.25) is 0 Å². The van der Waals surface area contributed by atoms with Crippen LogP contribution in [-0.4, -0.2) is 0 Å². The zero-order chi connectivity index (χ0) is 34.3. The Labute approximate surface area is 300 Å². The van der Waals surface area contributed by atoms with Crippen molar-refractivity contribution in [2.45, 2.75) is 19.3 Å². The first-order chi connectivity index (χ1) is 25.6. The van der Waals surface area contributed by atoms with E-state index in [0.717, 1.165) is 27.5 Å². The third-order valence-electron chi connectivity index (χ3n) is 12.2. The molecule has 242 valence electrons. The number of rotatable bonds is 2. The van der Waals surface area contributed by atoms with E-state index in [0.29, 0.717) is 0 Å². The molecule has 11 aromatic rings. The predicted molar refractivity (Wildman–Crippen MR) is 221 cm³/mol. The summed E-state index contributed by atoms with van der Waals surface area (Å²) in [5.74, 6) is 0. The fourth-order valence-electron chi connectivity index (χ4n) is 9.89.